The molecule has 0 aliphatic rings. The van der Waals surface area contributed by atoms with E-state index in [0.29, 0.717) is 0 Å². The van der Waals surface area contributed by atoms with E-state index in [0.717, 1.165) is 23.0 Å². The van der Waals surface area contributed by atoms with Crippen molar-refractivity contribution in [2.75, 3.05) is 0 Å². The number of carboxylic acid groups (broad SMARTS) is 1. The van der Waals surface area contributed by atoms with Gasteiger partial charge in [0.1, 0.15) is 0 Å². The zero-order chi connectivity index (χ0) is 14.0. The number of halogens is 1. The van der Waals surface area contributed by atoms with Gasteiger partial charge in [0.2, 0.25) is 0 Å². The van der Waals surface area contributed by atoms with E-state index in [-0.39, 0.29) is 11.4 Å². The maximum Gasteiger partial charge on any atom is 0.309 e. The molecule has 9 heteroatoms. The Hall–Kier alpha value is -2.84. The molecule has 0 aliphatic heterocycles. The van der Waals surface area contributed by atoms with Gasteiger partial charge in [-0.3, -0.25) is 14.9 Å². The molecule has 2 rings (SSSR count). The fourth-order valence-corrected chi connectivity index (χ4v) is 1.52. The van der Waals surface area contributed by atoms with E-state index in [9.17, 15) is 19.3 Å². The van der Waals surface area contributed by atoms with Gasteiger partial charge in [-0.1, -0.05) is 11.3 Å². The molecular formula is C10H7FN4O4. The second-order valence-electron chi connectivity index (χ2n) is 3.59. The summed E-state index contributed by atoms with van der Waals surface area (Å²) in [5.74, 6) is -1.98. The molecule has 19 heavy (non-hydrogen) atoms. The largest absolute Gasteiger partial charge is 0.481 e. The van der Waals surface area contributed by atoms with E-state index in [1.165, 1.54) is 6.07 Å². The number of carbonyl (C=O) groups is 1. The topological polar surface area (TPSA) is 111 Å². The van der Waals surface area contributed by atoms with Crippen LogP contribution in [-0.4, -0.2) is 31.0 Å². The summed E-state index contributed by atoms with van der Waals surface area (Å²) in [4.78, 5) is 20.6. The normalized spacial score (nSPS) is 10.4. The predicted octanol–water partition coefficient (Wildman–Crippen LogP) is 0.942. The minimum atomic E-state index is -1.13. The smallest absolute Gasteiger partial charge is 0.309 e. The maximum absolute atomic E-state index is 13.7. The predicted molar refractivity (Wildman–Crippen MR) is 59.3 cm³/mol. The Kier molecular flexibility index (Phi) is 3.19. The quantitative estimate of drug-likeness (QED) is 0.651. The maximum atomic E-state index is 13.7. The van der Waals surface area contributed by atoms with E-state index in [4.69, 9.17) is 5.11 Å². The van der Waals surface area contributed by atoms with Gasteiger partial charge in [0.05, 0.1) is 23.2 Å². The van der Waals surface area contributed by atoms with Crippen LogP contribution in [0.4, 0.5) is 10.1 Å². The molecule has 0 radical (unpaired) electrons. The fraction of sp³-hybridized carbons (Fsp3) is 0.100. The molecule has 1 N–H and O–H groups in total. The van der Waals surface area contributed by atoms with Crippen LogP contribution in [0.1, 0.15) is 5.69 Å². The van der Waals surface area contributed by atoms with Gasteiger partial charge in [-0.2, -0.15) is 0 Å². The van der Waals surface area contributed by atoms with Gasteiger partial charge in [0.15, 0.2) is 11.5 Å². The van der Waals surface area contributed by atoms with Crippen molar-refractivity contribution >= 4 is 11.7 Å². The first-order valence-electron chi connectivity index (χ1n) is 5.05. The fourth-order valence-electron chi connectivity index (χ4n) is 1.52. The molecule has 0 bridgehead atoms. The monoisotopic (exact) mass is 266 g/mol. The van der Waals surface area contributed by atoms with Crippen molar-refractivity contribution in [3.63, 3.8) is 0 Å². The standard InChI is InChI=1S/C10H7FN4O4/c11-7-2-1-3-8(15(18)19)10(7)14-5-6(12-13-14)4-9(16)17/h1-3,5H,4H2,(H,16,17). The molecule has 1 aromatic carbocycles. The Morgan fingerprint density at radius 3 is 2.89 bits per heavy atom. The summed E-state index contributed by atoms with van der Waals surface area (Å²) < 4.78 is 14.5. The average Bonchev–Trinajstić information content (AvgIpc) is 2.75. The van der Waals surface area contributed by atoms with Crippen molar-refractivity contribution in [2.24, 2.45) is 0 Å². The van der Waals surface area contributed by atoms with E-state index in [1.807, 2.05) is 0 Å². The van der Waals surface area contributed by atoms with Crippen molar-refractivity contribution in [3.8, 4) is 5.69 Å². The van der Waals surface area contributed by atoms with Crippen LogP contribution in [-0.2, 0) is 11.2 Å². The Morgan fingerprint density at radius 2 is 2.26 bits per heavy atom. The molecular weight excluding hydrogens is 259 g/mol. The molecule has 0 fully saturated rings. The highest BCUT2D eigenvalue weighted by Gasteiger charge is 2.21. The summed E-state index contributed by atoms with van der Waals surface area (Å²) in [5.41, 5.74) is -0.784. The van der Waals surface area contributed by atoms with Gasteiger partial charge in [-0.25, -0.2) is 9.07 Å². The third kappa shape index (κ3) is 2.54. The van der Waals surface area contributed by atoms with Gasteiger partial charge in [0.25, 0.3) is 5.69 Å². The number of para-hydroxylation sites is 1. The first-order chi connectivity index (χ1) is 8.99. The summed E-state index contributed by atoms with van der Waals surface area (Å²) in [6.07, 6.45) is 0.738. The van der Waals surface area contributed by atoms with Crippen molar-refractivity contribution in [3.05, 3.63) is 46.0 Å². The minimum absolute atomic E-state index is 0.0741. The minimum Gasteiger partial charge on any atom is -0.481 e. The van der Waals surface area contributed by atoms with Gasteiger partial charge in [-0.05, 0) is 6.07 Å². The Balaban J connectivity index is 2.49. The van der Waals surface area contributed by atoms with Crippen LogP contribution in [0.15, 0.2) is 24.4 Å². The lowest BCUT2D eigenvalue weighted by molar-refractivity contribution is -0.384. The van der Waals surface area contributed by atoms with E-state index < -0.39 is 28.8 Å². The lowest BCUT2D eigenvalue weighted by Crippen LogP contribution is -2.04. The number of aliphatic carboxylic acids is 1. The second-order valence-corrected chi connectivity index (χ2v) is 3.59. The van der Waals surface area contributed by atoms with Crippen LogP contribution in [0.3, 0.4) is 0 Å². The lowest BCUT2D eigenvalue weighted by Gasteiger charge is -2.02. The van der Waals surface area contributed by atoms with E-state index in [2.05, 4.69) is 10.3 Å². The van der Waals surface area contributed by atoms with E-state index in [1.54, 1.807) is 0 Å². The molecule has 1 heterocycles. The summed E-state index contributed by atoms with van der Waals surface area (Å²) >= 11 is 0. The summed E-state index contributed by atoms with van der Waals surface area (Å²) in [5, 5.41) is 26.4. The van der Waals surface area contributed by atoms with Crippen LogP contribution in [0.25, 0.3) is 5.69 Å². The van der Waals surface area contributed by atoms with Gasteiger partial charge in [-0.15, -0.1) is 5.10 Å². The molecule has 8 nitrogen and oxygen atoms in total. The molecule has 0 saturated heterocycles. The highest BCUT2D eigenvalue weighted by atomic mass is 19.1. The number of benzene rings is 1. The summed E-state index contributed by atoms with van der Waals surface area (Å²) in [6.45, 7) is 0. The Morgan fingerprint density at radius 1 is 1.53 bits per heavy atom. The SMILES string of the molecule is O=C(O)Cc1cn(-c2c(F)cccc2[N+](=O)[O-])nn1. The van der Waals surface area contributed by atoms with Crippen LogP contribution < -0.4 is 0 Å². The van der Waals surface area contributed by atoms with Crippen LogP contribution in [0.2, 0.25) is 0 Å². The highest BCUT2D eigenvalue weighted by Crippen LogP contribution is 2.24. The number of hydrogen-bond acceptors (Lipinski definition) is 5. The molecule has 98 valence electrons. The molecule has 0 amide bonds. The second kappa shape index (κ2) is 4.80. The van der Waals surface area contributed by atoms with Gasteiger partial charge >= 0.3 is 5.97 Å². The molecule has 2 aromatic rings. The Bertz CT molecular complexity index is 655. The number of nitrogens with zero attached hydrogens (tertiary/aromatic N) is 4. The summed E-state index contributed by atoms with van der Waals surface area (Å²) in [6, 6.07) is 3.36. The average molecular weight is 266 g/mol. The molecule has 0 atom stereocenters. The summed E-state index contributed by atoms with van der Waals surface area (Å²) in [7, 11) is 0. The third-order valence-electron chi connectivity index (χ3n) is 2.26. The van der Waals surface area contributed by atoms with Crippen molar-refractivity contribution in [1.82, 2.24) is 15.0 Å². The van der Waals surface area contributed by atoms with Gasteiger partial charge < -0.3 is 5.11 Å². The molecule has 1 aromatic heterocycles. The van der Waals surface area contributed by atoms with Crippen molar-refractivity contribution < 1.29 is 19.2 Å². The van der Waals surface area contributed by atoms with Crippen LogP contribution >= 0.6 is 0 Å². The lowest BCUT2D eigenvalue weighted by atomic mass is 10.2. The molecule has 0 saturated carbocycles. The van der Waals surface area contributed by atoms with Crippen LogP contribution in [0, 0.1) is 15.9 Å². The third-order valence-corrected chi connectivity index (χ3v) is 2.26. The van der Waals surface area contributed by atoms with Gasteiger partial charge in [0, 0.05) is 6.07 Å². The zero-order valence-corrected chi connectivity index (χ0v) is 9.36. The zero-order valence-electron chi connectivity index (χ0n) is 9.36. The molecule has 0 aliphatic carbocycles. The number of nitro benzene ring substituents is 1. The molecule has 0 spiro atoms. The highest BCUT2D eigenvalue weighted by molar-refractivity contribution is 5.69. The molecule has 0 unspecified atom stereocenters. The van der Waals surface area contributed by atoms with Crippen molar-refractivity contribution in [1.29, 1.82) is 0 Å². The number of aromatic nitrogens is 3. The number of carboxylic acids is 1. The first-order valence-corrected chi connectivity index (χ1v) is 5.05. The Labute approximate surface area is 105 Å². The number of rotatable bonds is 4. The number of hydrogen-bond donors (Lipinski definition) is 1. The van der Waals surface area contributed by atoms with Crippen LogP contribution in [0.5, 0.6) is 0 Å². The first kappa shape index (κ1) is 12.6. The van der Waals surface area contributed by atoms with Crippen molar-refractivity contribution in [2.45, 2.75) is 6.42 Å². The van der Waals surface area contributed by atoms with E-state index >= 15 is 0 Å². The number of nitro groups is 1.